The molecule has 22 heavy (non-hydrogen) atoms. The summed E-state index contributed by atoms with van der Waals surface area (Å²) in [6, 6.07) is 3.21. The third-order valence-electron chi connectivity index (χ3n) is 4.28. The second-order valence-corrected chi connectivity index (χ2v) is 10.8. The maximum atomic E-state index is 11.7. The van der Waals surface area contributed by atoms with Crippen LogP contribution >= 0.6 is 0 Å². The van der Waals surface area contributed by atoms with Gasteiger partial charge in [0.25, 0.3) is 0 Å². The minimum absolute atomic E-state index is 0.177. The van der Waals surface area contributed by atoms with E-state index in [4.69, 9.17) is 5.11 Å². The van der Waals surface area contributed by atoms with Crippen LogP contribution in [-0.4, -0.2) is 30.2 Å². The summed E-state index contributed by atoms with van der Waals surface area (Å²) in [5.41, 5.74) is 0.177. The second kappa shape index (κ2) is 10.6. The fourth-order valence-electron chi connectivity index (χ4n) is 3.71. The fourth-order valence-corrected chi connectivity index (χ4v) is 9.85. The van der Waals surface area contributed by atoms with Crippen molar-refractivity contribution in [3.05, 3.63) is 10.8 Å². The monoisotopic (exact) mass is 328 g/mol. The molecule has 128 valence electrons. The molecule has 0 unspecified atom stereocenters. The van der Waals surface area contributed by atoms with Crippen LogP contribution in [0.4, 0.5) is 0 Å². The van der Waals surface area contributed by atoms with Gasteiger partial charge in [-0.25, -0.2) is 4.79 Å². The molecule has 4 nitrogen and oxygen atoms in total. The normalized spacial score (nSPS) is 12.9. The van der Waals surface area contributed by atoms with Gasteiger partial charge in [0.2, 0.25) is 0 Å². The molecule has 0 saturated carbocycles. The predicted molar refractivity (Wildman–Crippen MR) is 92.9 cm³/mol. The molecule has 0 bridgehead atoms. The van der Waals surface area contributed by atoms with E-state index >= 15 is 0 Å². The van der Waals surface area contributed by atoms with Crippen molar-refractivity contribution in [2.75, 3.05) is 0 Å². The molecule has 0 aromatic heterocycles. The van der Waals surface area contributed by atoms with E-state index in [1.54, 1.807) is 0 Å². The molecule has 0 aromatic rings. The summed E-state index contributed by atoms with van der Waals surface area (Å²) < 4.78 is 0. The number of rotatable bonds is 12. The first kappa shape index (κ1) is 20.9. The Hall–Kier alpha value is -1.10. The number of carboxylic acids is 2. The standard InChI is InChI=1S/C17H32O4Si/c1-5-9-15(14(17(20)21)13-16(18)19)22(10-6-2,11-7-3)12-8-4/h5-13H2,1-4H3,(H,18,19)(H,20,21). The Kier molecular flexibility index (Phi) is 10.1. The summed E-state index contributed by atoms with van der Waals surface area (Å²) in [6.45, 7) is 8.49. The Morgan fingerprint density at radius 2 is 1.27 bits per heavy atom. The molecule has 0 amide bonds. The van der Waals surface area contributed by atoms with Crippen LogP contribution < -0.4 is 0 Å². The van der Waals surface area contributed by atoms with Crippen LogP contribution in [0.5, 0.6) is 0 Å². The molecule has 5 heteroatoms. The van der Waals surface area contributed by atoms with Gasteiger partial charge in [0.15, 0.2) is 0 Å². The summed E-state index contributed by atoms with van der Waals surface area (Å²) in [6.07, 6.45) is 4.38. The first-order chi connectivity index (χ1) is 10.4. The molecule has 0 radical (unpaired) electrons. The number of carbonyl (C=O) groups is 2. The molecular weight excluding hydrogens is 296 g/mol. The van der Waals surface area contributed by atoms with E-state index in [9.17, 15) is 14.7 Å². The van der Waals surface area contributed by atoms with E-state index < -0.39 is 20.0 Å². The summed E-state index contributed by atoms with van der Waals surface area (Å²) in [5.74, 6) is -2.08. The largest absolute Gasteiger partial charge is 0.481 e. The third kappa shape index (κ3) is 5.95. The first-order valence-corrected chi connectivity index (χ1v) is 11.2. The van der Waals surface area contributed by atoms with Gasteiger partial charge in [0.1, 0.15) is 0 Å². The van der Waals surface area contributed by atoms with Crippen molar-refractivity contribution in [2.45, 2.75) is 84.4 Å². The van der Waals surface area contributed by atoms with E-state index in [1.807, 2.05) is 6.92 Å². The Balaban J connectivity index is 6.14. The lowest BCUT2D eigenvalue weighted by molar-refractivity contribution is -0.139. The molecule has 0 aliphatic carbocycles. The molecule has 0 rings (SSSR count). The summed E-state index contributed by atoms with van der Waals surface area (Å²) in [4.78, 5) is 22.9. The highest BCUT2D eigenvalue weighted by atomic mass is 28.3. The minimum Gasteiger partial charge on any atom is -0.481 e. The molecular formula is C17H32O4Si. The van der Waals surface area contributed by atoms with E-state index in [1.165, 1.54) is 0 Å². The highest BCUT2D eigenvalue weighted by molar-refractivity contribution is 6.86. The highest BCUT2D eigenvalue weighted by Gasteiger charge is 2.37. The van der Waals surface area contributed by atoms with Crippen LogP contribution in [0.25, 0.3) is 0 Å². The number of carboxylic acid groups (broad SMARTS) is 2. The van der Waals surface area contributed by atoms with Gasteiger partial charge in [0.05, 0.1) is 14.5 Å². The number of aliphatic carboxylic acids is 2. The first-order valence-electron chi connectivity index (χ1n) is 8.56. The average molecular weight is 329 g/mol. The molecule has 0 heterocycles. The predicted octanol–water partition coefficient (Wildman–Crippen LogP) is 4.86. The highest BCUT2D eigenvalue weighted by Crippen LogP contribution is 2.38. The SMILES string of the molecule is CCCC(=C(CC(=O)O)C(=O)O)[Si](CCC)(CCC)CCC. The smallest absolute Gasteiger partial charge is 0.331 e. The van der Waals surface area contributed by atoms with Crippen molar-refractivity contribution in [1.29, 1.82) is 0 Å². The Bertz CT molecular complexity index is 384. The van der Waals surface area contributed by atoms with Crippen molar-refractivity contribution >= 4 is 20.0 Å². The summed E-state index contributed by atoms with van der Waals surface area (Å²) >= 11 is 0. The van der Waals surface area contributed by atoms with E-state index in [0.717, 1.165) is 55.4 Å². The number of hydrogen-bond donors (Lipinski definition) is 2. The van der Waals surface area contributed by atoms with Gasteiger partial charge in [-0.1, -0.05) is 76.7 Å². The van der Waals surface area contributed by atoms with Crippen LogP contribution in [0.2, 0.25) is 18.1 Å². The molecule has 0 atom stereocenters. The van der Waals surface area contributed by atoms with E-state index in [0.29, 0.717) is 0 Å². The Labute approximate surface area is 135 Å². The van der Waals surface area contributed by atoms with Gasteiger partial charge in [-0.2, -0.15) is 0 Å². The maximum Gasteiger partial charge on any atom is 0.331 e. The quantitative estimate of drug-likeness (QED) is 0.396. The lowest BCUT2D eigenvalue weighted by atomic mass is 10.1. The zero-order chi connectivity index (χ0) is 17.2. The van der Waals surface area contributed by atoms with Crippen LogP contribution in [-0.2, 0) is 9.59 Å². The van der Waals surface area contributed by atoms with Gasteiger partial charge in [-0.15, -0.1) is 0 Å². The van der Waals surface area contributed by atoms with Gasteiger partial charge in [-0.3, -0.25) is 4.79 Å². The molecule has 0 aliphatic heterocycles. The molecule has 0 saturated heterocycles. The minimum atomic E-state index is -1.90. The van der Waals surface area contributed by atoms with Crippen molar-refractivity contribution in [2.24, 2.45) is 0 Å². The zero-order valence-corrected chi connectivity index (χ0v) is 15.6. The van der Waals surface area contributed by atoms with Crippen molar-refractivity contribution < 1.29 is 19.8 Å². The lowest BCUT2D eigenvalue weighted by Gasteiger charge is -2.35. The Morgan fingerprint density at radius 3 is 1.55 bits per heavy atom. The van der Waals surface area contributed by atoms with Gasteiger partial charge >= 0.3 is 11.9 Å². The van der Waals surface area contributed by atoms with Crippen molar-refractivity contribution in [1.82, 2.24) is 0 Å². The number of hydrogen-bond acceptors (Lipinski definition) is 2. The summed E-state index contributed by atoms with van der Waals surface area (Å²) in [7, 11) is -1.90. The van der Waals surface area contributed by atoms with Gasteiger partial charge in [0, 0.05) is 5.57 Å². The van der Waals surface area contributed by atoms with Crippen molar-refractivity contribution in [3.63, 3.8) is 0 Å². The second-order valence-electron chi connectivity index (χ2n) is 6.11. The fraction of sp³-hybridized carbons (Fsp3) is 0.765. The molecule has 0 aliphatic rings. The lowest BCUT2D eigenvalue weighted by Crippen LogP contribution is -2.39. The number of allylic oxidation sites excluding steroid dienone is 1. The zero-order valence-electron chi connectivity index (χ0n) is 14.6. The molecule has 0 aromatic carbocycles. The topological polar surface area (TPSA) is 74.6 Å². The van der Waals surface area contributed by atoms with Crippen LogP contribution in [0, 0.1) is 0 Å². The van der Waals surface area contributed by atoms with Crippen LogP contribution in [0.15, 0.2) is 10.8 Å². The average Bonchev–Trinajstić information content (AvgIpc) is 2.43. The molecule has 2 N–H and O–H groups in total. The van der Waals surface area contributed by atoms with E-state index in [2.05, 4.69) is 20.8 Å². The Morgan fingerprint density at radius 1 is 0.818 bits per heavy atom. The van der Waals surface area contributed by atoms with Crippen LogP contribution in [0.3, 0.4) is 0 Å². The van der Waals surface area contributed by atoms with Gasteiger partial charge in [-0.05, 0) is 6.42 Å². The third-order valence-corrected chi connectivity index (χ3v) is 10.5. The maximum absolute atomic E-state index is 11.7. The van der Waals surface area contributed by atoms with Crippen LogP contribution in [0.1, 0.15) is 66.2 Å². The van der Waals surface area contributed by atoms with Crippen molar-refractivity contribution in [3.8, 4) is 0 Å². The van der Waals surface area contributed by atoms with E-state index in [-0.39, 0.29) is 12.0 Å². The molecule has 0 fully saturated rings. The molecule has 0 spiro atoms. The van der Waals surface area contributed by atoms with Gasteiger partial charge < -0.3 is 10.2 Å². The summed E-state index contributed by atoms with van der Waals surface area (Å²) in [5, 5.41) is 19.7.